The number of benzene rings is 2. The molecule has 0 saturated carbocycles. The molecule has 0 unspecified atom stereocenters. The largest absolute Gasteiger partial charge is 0.478 e. The molecule has 0 aromatic heterocycles. The van der Waals surface area contributed by atoms with Crippen LogP contribution in [0.5, 0.6) is 0 Å². The highest BCUT2D eigenvalue weighted by Gasteiger charge is 2.50. The molecule has 1 heterocycles. The predicted molar refractivity (Wildman–Crippen MR) is 111 cm³/mol. The topological polar surface area (TPSA) is 18.5 Å². The molecule has 1 saturated heterocycles. The number of thiocarbonyl (C=S) groups is 1. The van der Waals surface area contributed by atoms with Gasteiger partial charge in [-0.25, -0.2) is 4.39 Å². The maximum absolute atomic E-state index is 13.8. The Balaban J connectivity index is 2.02. The molecule has 0 amide bonds. The Bertz CT molecular complexity index is 706. The fourth-order valence-electron chi connectivity index (χ4n) is 3.69. The van der Waals surface area contributed by atoms with Crippen molar-refractivity contribution in [3.8, 4) is 0 Å². The van der Waals surface area contributed by atoms with Gasteiger partial charge in [-0.15, -0.1) is 0 Å². The minimum absolute atomic E-state index is 0.0565. The van der Waals surface area contributed by atoms with Gasteiger partial charge in [-0.2, -0.15) is 0 Å². The summed E-state index contributed by atoms with van der Waals surface area (Å²) >= 11 is 4.95. The van der Waals surface area contributed by atoms with Gasteiger partial charge in [0.1, 0.15) is 6.10 Å². The lowest BCUT2D eigenvalue weighted by Gasteiger charge is -2.43. The van der Waals surface area contributed by atoms with Gasteiger partial charge in [0.15, 0.2) is 11.2 Å². The van der Waals surface area contributed by atoms with Crippen LogP contribution in [0, 0.1) is 0 Å². The summed E-state index contributed by atoms with van der Waals surface area (Å²) in [6.45, 7) is 7.00. The van der Waals surface area contributed by atoms with E-state index in [-0.39, 0.29) is 22.6 Å². The van der Waals surface area contributed by atoms with Gasteiger partial charge in [-0.3, -0.25) is 0 Å². The van der Waals surface area contributed by atoms with E-state index in [0.717, 1.165) is 0 Å². The molecule has 2 aromatic carbocycles. The first-order chi connectivity index (χ1) is 12.3. The summed E-state index contributed by atoms with van der Waals surface area (Å²) in [7, 11) is -2.61. The third-order valence-corrected chi connectivity index (χ3v) is 10.3. The van der Waals surface area contributed by atoms with Crippen LogP contribution in [0.3, 0.4) is 0 Å². The predicted octanol–water partition coefficient (Wildman–Crippen LogP) is 4.02. The zero-order chi connectivity index (χ0) is 18.8. The van der Waals surface area contributed by atoms with Crippen LogP contribution in [-0.4, -0.2) is 32.3 Å². The van der Waals surface area contributed by atoms with Crippen molar-refractivity contribution in [3.63, 3.8) is 0 Å². The van der Waals surface area contributed by atoms with Crippen molar-refractivity contribution in [3.05, 3.63) is 60.7 Å². The van der Waals surface area contributed by atoms with Gasteiger partial charge < -0.3 is 9.16 Å². The van der Waals surface area contributed by atoms with E-state index in [1.807, 2.05) is 36.4 Å². The third-order valence-electron chi connectivity index (χ3n) is 4.91. The number of rotatable bonds is 5. The number of alkyl halides is 1. The first-order valence-electron chi connectivity index (χ1n) is 8.94. The van der Waals surface area contributed by atoms with E-state index in [2.05, 4.69) is 45.0 Å². The highest BCUT2D eigenvalue weighted by Crippen LogP contribution is 2.37. The molecule has 0 N–H and O–H groups in total. The van der Waals surface area contributed by atoms with Crippen LogP contribution in [0.1, 0.15) is 27.2 Å². The van der Waals surface area contributed by atoms with Crippen LogP contribution in [-0.2, 0) is 9.16 Å². The van der Waals surface area contributed by atoms with Crippen molar-refractivity contribution in [2.75, 3.05) is 6.61 Å². The minimum Gasteiger partial charge on any atom is -0.478 e. The van der Waals surface area contributed by atoms with E-state index in [9.17, 15) is 4.39 Å². The molecule has 5 heteroatoms. The van der Waals surface area contributed by atoms with Crippen molar-refractivity contribution in [2.45, 2.75) is 44.5 Å². The second-order valence-corrected chi connectivity index (χ2v) is 12.4. The summed E-state index contributed by atoms with van der Waals surface area (Å²) in [4.78, 5) is 0. The van der Waals surface area contributed by atoms with Gasteiger partial charge in [-0.1, -0.05) is 81.4 Å². The summed E-state index contributed by atoms with van der Waals surface area (Å²) in [5.41, 5.74) is 0. The SMILES string of the molecule is CC(C)(C)[Si](OC[C@@H]1C[C@H](F)C(=S)O1)(c1ccccc1)c1ccccc1. The van der Waals surface area contributed by atoms with Gasteiger partial charge in [0.25, 0.3) is 8.32 Å². The molecule has 138 valence electrons. The number of hydrogen-bond acceptors (Lipinski definition) is 3. The van der Waals surface area contributed by atoms with E-state index in [1.165, 1.54) is 10.4 Å². The van der Waals surface area contributed by atoms with Gasteiger partial charge >= 0.3 is 0 Å². The van der Waals surface area contributed by atoms with Gasteiger partial charge in [0, 0.05) is 6.42 Å². The summed E-state index contributed by atoms with van der Waals surface area (Å²) in [5, 5.41) is 2.36. The van der Waals surface area contributed by atoms with Gasteiger partial charge in [-0.05, 0) is 27.6 Å². The standard InChI is InChI=1S/C21H25FO2SSi/c1-21(2,3)26(17-10-6-4-7-11-17,18-12-8-5-9-13-18)23-15-16-14-19(22)20(25)24-16/h4-13,16,19H,14-15H2,1-3H3/t16-,19-/m0/s1. The van der Waals surface area contributed by atoms with E-state index >= 15 is 0 Å². The monoisotopic (exact) mass is 388 g/mol. The number of hydrogen-bond donors (Lipinski definition) is 0. The van der Waals surface area contributed by atoms with Crippen molar-refractivity contribution >= 4 is 36.0 Å². The minimum atomic E-state index is -2.61. The number of halogens is 1. The van der Waals surface area contributed by atoms with E-state index < -0.39 is 14.5 Å². The lowest BCUT2D eigenvalue weighted by molar-refractivity contribution is 0.133. The molecule has 2 aromatic rings. The first-order valence-corrected chi connectivity index (χ1v) is 11.3. The molecule has 0 radical (unpaired) electrons. The molecular formula is C21H25FO2SSi. The van der Waals surface area contributed by atoms with Crippen molar-refractivity contribution < 1.29 is 13.6 Å². The van der Waals surface area contributed by atoms with Gasteiger partial charge in [0.05, 0.1) is 6.61 Å². The fourth-order valence-corrected chi connectivity index (χ4v) is 8.52. The zero-order valence-corrected chi connectivity index (χ0v) is 17.3. The Kier molecular flexibility index (Phi) is 5.60. The first kappa shape index (κ1) is 19.2. The molecule has 1 aliphatic heterocycles. The van der Waals surface area contributed by atoms with E-state index in [4.69, 9.17) is 21.4 Å². The maximum Gasteiger partial charge on any atom is 0.261 e. The molecule has 0 bridgehead atoms. The summed E-state index contributed by atoms with van der Waals surface area (Å²) < 4.78 is 26.0. The number of ether oxygens (including phenoxy) is 1. The molecular weight excluding hydrogens is 363 g/mol. The quantitative estimate of drug-likeness (QED) is 0.569. The van der Waals surface area contributed by atoms with Crippen molar-refractivity contribution in [1.82, 2.24) is 0 Å². The lowest BCUT2D eigenvalue weighted by Crippen LogP contribution is -2.67. The Labute approximate surface area is 161 Å². The van der Waals surface area contributed by atoms with E-state index in [1.54, 1.807) is 0 Å². The lowest BCUT2D eigenvalue weighted by atomic mass is 10.2. The van der Waals surface area contributed by atoms with Gasteiger partial charge in [0.2, 0.25) is 0 Å². The van der Waals surface area contributed by atoms with Crippen LogP contribution in [0.2, 0.25) is 5.04 Å². The normalized spacial score (nSPS) is 20.8. The molecule has 0 spiro atoms. The summed E-state index contributed by atoms with van der Waals surface area (Å²) in [6.07, 6.45) is -1.21. The smallest absolute Gasteiger partial charge is 0.261 e. The van der Waals surface area contributed by atoms with E-state index in [0.29, 0.717) is 6.61 Å². The summed E-state index contributed by atoms with van der Waals surface area (Å²) in [6, 6.07) is 20.8. The van der Waals surface area contributed by atoms with Crippen LogP contribution in [0.4, 0.5) is 4.39 Å². The molecule has 2 atom stereocenters. The summed E-state index contributed by atoms with van der Waals surface area (Å²) in [5.74, 6) is 0. The van der Waals surface area contributed by atoms with Crippen LogP contribution in [0.25, 0.3) is 0 Å². The molecule has 2 nitrogen and oxygen atoms in total. The molecule has 1 fully saturated rings. The second-order valence-electron chi connectivity index (χ2n) is 7.74. The van der Waals surface area contributed by atoms with Crippen molar-refractivity contribution in [2.24, 2.45) is 0 Å². The van der Waals surface area contributed by atoms with Crippen LogP contribution < -0.4 is 10.4 Å². The second kappa shape index (κ2) is 7.59. The molecule has 3 rings (SSSR count). The highest BCUT2D eigenvalue weighted by molar-refractivity contribution is 7.80. The Morgan fingerprint density at radius 2 is 1.54 bits per heavy atom. The van der Waals surface area contributed by atoms with Crippen LogP contribution in [0.15, 0.2) is 60.7 Å². The maximum atomic E-state index is 13.8. The van der Waals surface area contributed by atoms with Crippen molar-refractivity contribution in [1.29, 1.82) is 0 Å². The molecule has 0 aliphatic carbocycles. The highest BCUT2D eigenvalue weighted by atomic mass is 32.1. The average molecular weight is 389 g/mol. The Morgan fingerprint density at radius 1 is 1.04 bits per heavy atom. The molecule has 26 heavy (non-hydrogen) atoms. The zero-order valence-electron chi connectivity index (χ0n) is 15.4. The van der Waals surface area contributed by atoms with Crippen LogP contribution >= 0.6 is 12.2 Å². The fraction of sp³-hybridized carbons (Fsp3) is 0.381. The average Bonchev–Trinajstić information content (AvgIpc) is 2.94. The Hall–Kier alpha value is -1.56. The Morgan fingerprint density at radius 3 is 1.92 bits per heavy atom. The molecule has 1 aliphatic rings. The third kappa shape index (κ3) is 3.61.